The molecule has 0 heterocycles. The smallest absolute Gasteiger partial charge is 0.129 e. The van der Waals surface area contributed by atoms with Crippen molar-refractivity contribution in [3.05, 3.63) is 34.1 Å². The molecule has 0 spiro atoms. The van der Waals surface area contributed by atoms with Crippen LogP contribution in [0, 0.1) is 5.82 Å². The third-order valence-electron chi connectivity index (χ3n) is 2.72. The highest BCUT2D eigenvalue weighted by Gasteiger charge is 2.18. The molecule has 1 unspecified atom stereocenters. The minimum absolute atomic E-state index is 0.127. The Kier molecular flexibility index (Phi) is 6.05. The number of benzene rings is 1. The molecule has 1 atom stereocenters. The molecule has 0 aliphatic heterocycles. The molecule has 0 aliphatic carbocycles. The second-order valence-corrected chi connectivity index (χ2v) is 4.81. The van der Waals surface area contributed by atoms with E-state index in [4.69, 9.17) is 10.5 Å². The van der Waals surface area contributed by atoms with Gasteiger partial charge < -0.3 is 10.5 Å². The summed E-state index contributed by atoms with van der Waals surface area (Å²) in [6.45, 7) is 1.69. The van der Waals surface area contributed by atoms with Crippen molar-refractivity contribution in [2.24, 2.45) is 5.73 Å². The second-order valence-electron chi connectivity index (χ2n) is 3.89. The fourth-order valence-corrected chi connectivity index (χ4v) is 2.04. The predicted molar refractivity (Wildman–Crippen MR) is 70.4 cm³/mol. The zero-order valence-electron chi connectivity index (χ0n) is 10.1. The summed E-state index contributed by atoms with van der Waals surface area (Å²) in [6, 6.07) is 4.92. The zero-order valence-corrected chi connectivity index (χ0v) is 11.7. The van der Waals surface area contributed by atoms with E-state index in [0.29, 0.717) is 25.3 Å². The van der Waals surface area contributed by atoms with Crippen LogP contribution in [-0.4, -0.2) is 38.8 Å². The Morgan fingerprint density at radius 2 is 2.24 bits per heavy atom. The average molecular weight is 305 g/mol. The van der Waals surface area contributed by atoms with E-state index in [1.165, 1.54) is 6.07 Å². The maximum Gasteiger partial charge on any atom is 0.129 e. The van der Waals surface area contributed by atoms with E-state index in [1.807, 2.05) is 18.0 Å². The molecular weight excluding hydrogens is 287 g/mol. The van der Waals surface area contributed by atoms with Crippen LogP contribution < -0.4 is 5.73 Å². The molecule has 0 aromatic heterocycles. The van der Waals surface area contributed by atoms with Gasteiger partial charge in [0.1, 0.15) is 5.82 Å². The SMILES string of the molecule is COCCN(C)C(CN)c1ccc(Br)cc1F. The summed E-state index contributed by atoms with van der Waals surface area (Å²) in [6.07, 6.45) is 0. The van der Waals surface area contributed by atoms with Gasteiger partial charge in [0.25, 0.3) is 0 Å². The molecule has 0 bridgehead atoms. The van der Waals surface area contributed by atoms with Crippen LogP contribution in [0.25, 0.3) is 0 Å². The number of halogens is 2. The zero-order chi connectivity index (χ0) is 12.8. The van der Waals surface area contributed by atoms with E-state index in [9.17, 15) is 4.39 Å². The molecule has 3 nitrogen and oxygen atoms in total. The number of likely N-dealkylation sites (N-methyl/N-ethyl adjacent to an activating group) is 1. The van der Waals surface area contributed by atoms with Crippen molar-refractivity contribution in [2.45, 2.75) is 6.04 Å². The molecular formula is C12H18BrFN2O. The van der Waals surface area contributed by atoms with Gasteiger partial charge in [0.05, 0.1) is 6.61 Å². The molecule has 1 rings (SSSR count). The van der Waals surface area contributed by atoms with Gasteiger partial charge in [0.2, 0.25) is 0 Å². The van der Waals surface area contributed by atoms with Crippen molar-refractivity contribution in [1.29, 1.82) is 0 Å². The quantitative estimate of drug-likeness (QED) is 0.875. The first-order chi connectivity index (χ1) is 8.10. The Morgan fingerprint density at radius 1 is 1.53 bits per heavy atom. The number of methoxy groups -OCH3 is 1. The Hall–Kier alpha value is -0.490. The van der Waals surface area contributed by atoms with Crippen LogP contribution in [0.2, 0.25) is 0 Å². The third kappa shape index (κ3) is 4.03. The van der Waals surface area contributed by atoms with Crippen LogP contribution in [0.5, 0.6) is 0 Å². The lowest BCUT2D eigenvalue weighted by Gasteiger charge is -2.27. The lowest BCUT2D eigenvalue weighted by atomic mass is 10.1. The molecule has 2 N–H and O–H groups in total. The van der Waals surface area contributed by atoms with Crippen LogP contribution in [0.1, 0.15) is 11.6 Å². The van der Waals surface area contributed by atoms with Crippen molar-refractivity contribution < 1.29 is 9.13 Å². The lowest BCUT2D eigenvalue weighted by Crippen LogP contribution is -2.33. The topological polar surface area (TPSA) is 38.5 Å². The second kappa shape index (κ2) is 7.06. The molecule has 1 aromatic carbocycles. The Morgan fingerprint density at radius 3 is 2.76 bits per heavy atom. The van der Waals surface area contributed by atoms with Crippen molar-refractivity contribution >= 4 is 15.9 Å². The highest BCUT2D eigenvalue weighted by molar-refractivity contribution is 9.10. The van der Waals surface area contributed by atoms with Crippen LogP contribution in [-0.2, 0) is 4.74 Å². The number of rotatable bonds is 6. The fourth-order valence-electron chi connectivity index (χ4n) is 1.71. The summed E-state index contributed by atoms with van der Waals surface area (Å²) in [7, 11) is 3.56. The van der Waals surface area contributed by atoms with E-state index < -0.39 is 0 Å². The van der Waals surface area contributed by atoms with Gasteiger partial charge in [-0.2, -0.15) is 0 Å². The normalized spacial score (nSPS) is 13.1. The Balaban J connectivity index is 2.85. The van der Waals surface area contributed by atoms with Gasteiger partial charge in [-0.3, -0.25) is 4.90 Å². The fraction of sp³-hybridized carbons (Fsp3) is 0.500. The monoisotopic (exact) mass is 304 g/mol. The van der Waals surface area contributed by atoms with Gasteiger partial charge in [-0.05, 0) is 19.2 Å². The summed E-state index contributed by atoms with van der Waals surface area (Å²) in [5.74, 6) is -0.237. The molecule has 0 aliphatic rings. The van der Waals surface area contributed by atoms with E-state index in [0.717, 1.165) is 4.47 Å². The molecule has 17 heavy (non-hydrogen) atoms. The summed E-state index contributed by atoms with van der Waals surface area (Å²) in [5, 5.41) is 0. The number of nitrogens with two attached hydrogens (primary N) is 1. The summed E-state index contributed by atoms with van der Waals surface area (Å²) in [4.78, 5) is 2.00. The maximum atomic E-state index is 13.8. The van der Waals surface area contributed by atoms with Gasteiger partial charge in [0.15, 0.2) is 0 Å². The molecule has 0 saturated carbocycles. The number of hydrogen-bond donors (Lipinski definition) is 1. The highest BCUT2D eigenvalue weighted by Crippen LogP contribution is 2.24. The van der Waals surface area contributed by atoms with Crippen molar-refractivity contribution in [3.63, 3.8) is 0 Å². The Bertz CT molecular complexity index is 362. The first-order valence-corrected chi connectivity index (χ1v) is 6.23. The lowest BCUT2D eigenvalue weighted by molar-refractivity contribution is 0.139. The molecule has 96 valence electrons. The van der Waals surface area contributed by atoms with Crippen LogP contribution in [0.15, 0.2) is 22.7 Å². The van der Waals surface area contributed by atoms with Gasteiger partial charge >= 0.3 is 0 Å². The average Bonchev–Trinajstić information content (AvgIpc) is 2.30. The first-order valence-electron chi connectivity index (χ1n) is 5.44. The highest BCUT2D eigenvalue weighted by atomic mass is 79.9. The van der Waals surface area contributed by atoms with Crippen LogP contribution in [0.3, 0.4) is 0 Å². The minimum atomic E-state index is -0.237. The van der Waals surface area contributed by atoms with E-state index >= 15 is 0 Å². The predicted octanol–water partition coefficient (Wildman–Crippen LogP) is 2.17. The van der Waals surface area contributed by atoms with E-state index in [2.05, 4.69) is 15.9 Å². The number of nitrogens with zero attached hydrogens (tertiary/aromatic N) is 1. The van der Waals surface area contributed by atoms with Crippen molar-refractivity contribution in [1.82, 2.24) is 4.90 Å². The largest absolute Gasteiger partial charge is 0.383 e. The standard InChI is InChI=1S/C12H18BrFN2O/c1-16(5-6-17-2)12(8-15)10-4-3-9(13)7-11(10)14/h3-4,7,12H,5-6,8,15H2,1-2H3. The Labute approximate surface area is 110 Å². The van der Waals surface area contributed by atoms with E-state index in [1.54, 1.807) is 13.2 Å². The number of hydrogen-bond acceptors (Lipinski definition) is 3. The van der Waals surface area contributed by atoms with Gasteiger partial charge in [-0.1, -0.05) is 22.0 Å². The maximum absolute atomic E-state index is 13.8. The molecule has 0 fully saturated rings. The van der Waals surface area contributed by atoms with Gasteiger partial charge in [-0.15, -0.1) is 0 Å². The molecule has 0 amide bonds. The third-order valence-corrected chi connectivity index (χ3v) is 3.22. The molecule has 0 saturated heterocycles. The minimum Gasteiger partial charge on any atom is -0.383 e. The number of ether oxygens (including phenoxy) is 1. The first kappa shape index (κ1) is 14.6. The molecule has 0 radical (unpaired) electrons. The summed E-state index contributed by atoms with van der Waals surface area (Å²) >= 11 is 3.24. The van der Waals surface area contributed by atoms with Gasteiger partial charge in [0, 0.05) is 36.3 Å². The van der Waals surface area contributed by atoms with Crippen molar-refractivity contribution in [3.8, 4) is 0 Å². The van der Waals surface area contributed by atoms with Crippen LogP contribution >= 0.6 is 15.9 Å². The van der Waals surface area contributed by atoms with Crippen molar-refractivity contribution in [2.75, 3.05) is 33.9 Å². The molecule has 5 heteroatoms. The van der Waals surface area contributed by atoms with Gasteiger partial charge in [-0.25, -0.2) is 4.39 Å². The van der Waals surface area contributed by atoms with Crippen LogP contribution in [0.4, 0.5) is 4.39 Å². The summed E-state index contributed by atoms with van der Waals surface area (Å²) in [5.41, 5.74) is 6.34. The molecule has 1 aromatic rings. The summed E-state index contributed by atoms with van der Waals surface area (Å²) < 4.78 is 19.6. The van der Waals surface area contributed by atoms with E-state index in [-0.39, 0.29) is 11.9 Å².